The molecule has 0 radical (unpaired) electrons. The molecule has 2 aromatic rings. The summed E-state index contributed by atoms with van der Waals surface area (Å²) in [5.41, 5.74) is 1.35. The Balaban J connectivity index is -0.000000248. The summed E-state index contributed by atoms with van der Waals surface area (Å²) in [6.45, 7) is 2.12. The van der Waals surface area contributed by atoms with Crippen molar-refractivity contribution in [1.29, 1.82) is 0 Å². The Labute approximate surface area is 118 Å². The topological polar surface area (TPSA) is 69.2 Å². The summed E-state index contributed by atoms with van der Waals surface area (Å²) in [5.74, 6) is 0. The van der Waals surface area contributed by atoms with Crippen molar-refractivity contribution in [3.8, 4) is 0 Å². The van der Waals surface area contributed by atoms with Crippen LogP contribution in [0.1, 0.15) is 5.56 Å². The smallest absolute Gasteiger partial charge is 0.857 e. The summed E-state index contributed by atoms with van der Waals surface area (Å²) in [6, 6.07) is 12.8. The molecule has 0 aliphatic heterocycles. The van der Waals surface area contributed by atoms with E-state index in [9.17, 15) is 0 Å². The minimum atomic E-state index is 0. The maximum atomic E-state index is 8.25. The van der Waals surface area contributed by atoms with Gasteiger partial charge in [0.25, 0.3) is 0 Å². The van der Waals surface area contributed by atoms with Crippen molar-refractivity contribution in [3.63, 3.8) is 0 Å². The Morgan fingerprint density at radius 1 is 0.882 bits per heavy atom. The van der Waals surface area contributed by atoms with Crippen LogP contribution in [0.5, 0.6) is 0 Å². The fourth-order valence-electron chi connectivity index (χ4n) is 1.31. The number of hydrogen-bond donors (Lipinski definition) is 0. The van der Waals surface area contributed by atoms with E-state index >= 15 is 0 Å². The molecule has 0 aliphatic rings. The average Bonchev–Trinajstić information content (AvgIpc) is 2.76. The maximum absolute atomic E-state index is 8.25. The summed E-state index contributed by atoms with van der Waals surface area (Å²) in [7, 11) is 2.25. The molecule has 4 heteroatoms. The van der Waals surface area contributed by atoms with Crippen molar-refractivity contribution in [3.05, 3.63) is 42.0 Å². The Bertz CT molecular complexity index is 325. The van der Waals surface area contributed by atoms with Crippen LogP contribution in [0.25, 0.3) is 10.8 Å². The quantitative estimate of drug-likeness (QED) is 0.491. The maximum Gasteiger partial charge on any atom is 4.00 e. The van der Waals surface area contributed by atoms with Gasteiger partial charge in [0, 0.05) is 0 Å². The van der Waals surface area contributed by atoms with E-state index in [1.807, 2.05) is 0 Å². The van der Waals surface area contributed by atoms with Crippen molar-refractivity contribution in [2.75, 3.05) is 21.3 Å². The molecule has 2 aromatic carbocycles. The zero-order chi connectivity index (χ0) is 13.0. The van der Waals surface area contributed by atoms with Gasteiger partial charge in [0.05, 0.1) is 0 Å². The number of hydrogen-bond acceptors (Lipinski definition) is 3. The van der Waals surface area contributed by atoms with Gasteiger partial charge in [0.1, 0.15) is 0 Å². The molecule has 0 aromatic heterocycles. The molecule has 0 bridgehead atoms. The van der Waals surface area contributed by atoms with Crippen LogP contribution >= 0.6 is 0 Å². The van der Waals surface area contributed by atoms with Gasteiger partial charge >= 0.3 is 21.7 Å². The molecule has 2 rings (SSSR count). The first-order valence-electron chi connectivity index (χ1n) is 4.71. The predicted molar refractivity (Wildman–Crippen MR) is 62.1 cm³/mol. The van der Waals surface area contributed by atoms with Crippen LogP contribution in [-0.2, 0) is 21.7 Å². The van der Waals surface area contributed by atoms with E-state index in [1.165, 1.54) is 16.3 Å². The molecule has 17 heavy (non-hydrogen) atoms. The van der Waals surface area contributed by atoms with Crippen LogP contribution < -0.4 is 15.3 Å². The van der Waals surface area contributed by atoms with E-state index in [-0.39, 0.29) is 21.7 Å². The minimum absolute atomic E-state index is 0. The molecular weight excluding hydrogens is 252 g/mol. The molecule has 0 N–H and O–H groups in total. The summed E-state index contributed by atoms with van der Waals surface area (Å²) in [6.07, 6.45) is 0. The second kappa shape index (κ2) is 15.4. The number of rotatable bonds is 0. The van der Waals surface area contributed by atoms with Crippen LogP contribution in [0, 0.1) is 6.92 Å². The summed E-state index contributed by atoms with van der Waals surface area (Å²) in [4.78, 5) is 0. The summed E-state index contributed by atoms with van der Waals surface area (Å²) < 4.78 is 0. The zero-order valence-corrected chi connectivity index (χ0v) is 12.3. The van der Waals surface area contributed by atoms with Gasteiger partial charge in [-0.2, -0.15) is 27.4 Å². The Morgan fingerprint density at radius 2 is 1.35 bits per heavy atom. The van der Waals surface area contributed by atoms with Gasteiger partial charge in [-0.3, -0.25) is 0 Å². The molecule has 0 atom stereocenters. The standard InChI is InChI=1S/C10H9.3CH3O.Ti/c1-8-6-9-4-2-3-5-10(9)7-8;3*1-2;/h2-7H,1H3;3*1H3;/q4*-1;+4. The largest absolute Gasteiger partial charge is 4.00 e. The number of benzene rings is 1. The first kappa shape index (κ1) is 21.7. The fourth-order valence-corrected chi connectivity index (χ4v) is 1.31. The van der Waals surface area contributed by atoms with Gasteiger partial charge in [0.2, 0.25) is 0 Å². The molecule has 3 nitrogen and oxygen atoms in total. The molecule has 92 valence electrons. The molecule has 0 heterocycles. The van der Waals surface area contributed by atoms with Gasteiger partial charge in [-0.15, -0.1) is 40.6 Å². The van der Waals surface area contributed by atoms with Crippen LogP contribution in [0.15, 0.2) is 36.4 Å². The van der Waals surface area contributed by atoms with Crippen LogP contribution in [0.3, 0.4) is 0 Å². The molecule has 0 spiro atoms. The Hall–Kier alpha value is -0.576. The van der Waals surface area contributed by atoms with Gasteiger partial charge in [-0.25, -0.2) is 0 Å². The van der Waals surface area contributed by atoms with E-state index in [4.69, 9.17) is 15.3 Å². The third kappa shape index (κ3) is 8.19. The predicted octanol–water partition coefficient (Wildman–Crippen LogP) is -0.206. The Kier molecular flexibility index (Phi) is 19.7. The molecule has 0 saturated carbocycles. The van der Waals surface area contributed by atoms with Crippen molar-refractivity contribution in [2.24, 2.45) is 0 Å². The average molecular weight is 270 g/mol. The molecule has 0 amide bonds. The van der Waals surface area contributed by atoms with Crippen molar-refractivity contribution < 1.29 is 37.0 Å². The monoisotopic (exact) mass is 270 g/mol. The van der Waals surface area contributed by atoms with Gasteiger partial charge in [0.15, 0.2) is 0 Å². The third-order valence-electron chi connectivity index (χ3n) is 1.76. The second-order valence-electron chi connectivity index (χ2n) is 2.66. The van der Waals surface area contributed by atoms with Crippen molar-refractivity contribution in [2.45, 2.75) is 6.92 Å². The van der Waals surface area contributed by atoms with Gasteiger partial charge in [-0.05, 0) is 0 Å². The third-order valence-corrected chi connectivity index (χ3v) is 1.76. The number of fused-ring (bicyclic) bond motifs is 1. The molecule has 0 unspecified atom stereocenters. The van der Waals surface area contributed by atoms with E-state index in [2.05, 4.69) is 43.3 Å². The van der Waals surface area contributed by atoms with Gasteiger partial charge < -0.3 is 15.3 Å². The van der Waals surface area contributed by atoms with Crippen molar-refractivity contribution >= 4 is 10.8 Å². The SMILES string of the molecule is C[O-].C[O-].C[O-].Cc1cc2ccccc2[cH-]1.[Ti+4]. The van der Waals surface area contributed by atoms with E-state index in [1.54, 1.807) is 0 Å². The van der Waals surface area contributed by atoms with Crippen molar-refractivity contribution in [1.82, 2.24) is 0 Å². The van der Waals surface area contributed by atoms with E-state index in [0.29, 0.717) is 0 Å². The van der Waals surface area contributed by atoms with Crippen LogP contribution in [-0.4, -0.2) is 21.3 Å². The molecule has 0 saturated heterocycles. The van der Waals surface area contributed by atoms with Gasteiger partial charge in [-0.1, -0.05) is 13.0 Å². The summed E-state index contributed by atoms with van der Waals surface area (Å²) >= 11 is 0. The molecular formula is C13H18O3Ti. The Morgan fingerprint density at radius 3 is 1.82 bits per heavy atom. The fraction of sp³-hybridized carbons (Fsp3) is 0.308. The minimum Gasteiger partial charge on any atom is -0.857 e. The van der Waals surface area contributed by atoms with E-state index < -0.39 is 0 Å². The van der Waals surface area contributed by atoms with Crippen LogP contribution in [0.4, 0.5) is 0 Å². The van der Waals surface area contributed by atoms with Crippen LogP contribution in [0.2, 0.25) is 0 Å². The number of aryl methyl sites for hydroxylation is 1. The summed E-state index contributed by atoms with van der Waals surface area (Å²) in [5, 5.41) is 27.4. The van der Waals surface area contributed by atoms with E-state index in [0.717, 1.165) is 21.3 Å². The molecule has 0 aliphatic carbocycles. The first-order valence-corrected chi connectivity index (χ1v) is 4.71. The second-order valence-corrected chi connectivity index (χ2v) is 2.66. The zero-order valence-electron chi connectivity index (χ0n) is 10.7. The normalized spacial score (nSPS) is 7.24. The molecule has 0 fully saturated rings. The first-order chi connectivity index (χ1) is 7.86.